The first-order valence-electron chi connectivity index (χ1n) is 5.52. The van der Waals surface area contributed by atoms with Crippen LogP contribution in [0.1, 0.15) is 11.3 Å². The van der Waals surface area contributed by atoms with E-state index >= 15 is 0 Å². The van der Waals surface area contributed by atoms with E-state index in [1.807, 2.05) is 24.3 Å². The average molecular weight is 217 g/mol. The van der Waals surface area contributed by atoms with E-state index in [2.05, 4.69) is 29.0 Å². The van der Waals surface area contributed by atoms with Crippen LogP contribution in [0.2, 0.25) is 0 Å². The molecule has 1 heterocycles. The Kier molecular flexibility index (Phi) is 1.91. The number of fused-ring (bicyclic) bond motifs is 3. The first-order valence-corrected chi connectivity index (χ1v) is 5.52. The number of para-hydroxylation sites is 1. The zero-order valence-corrected chi connectivity index (χ0v) is 9.33. The van der Waals surface area contributed by atoms with Gasteiger partial charge in [-0.15, -0.1) is 12.8 Å². The highest BCUT2D eigenvalue weighted by Crippen LogP contribution is 2.35. The highest BCUT2D eigenvalue weighted by atomic mass is 14.7. The second-order valence-corrected chi connectivity index (χ2v) is 4.33. The lowest BCUT2D eigenvalue weighted by atomic mass is 9.79. The Hall–Kier alpha value is -2.38. The molecule has 1 aromatic heterocycles. The van der Waals surface area contributed by atoms with Crippen LogP contribution in [0, 0.1) is 30.1 Å². The van der Waals surface area contributed by atoms with E-state index in [1.165, 1.54) is 10.9 Å². The van der Waals surface area contributed by atoms with Gasteiger partial charge >= 0.3 is 0 Å². The van der Waals surface area contributed by atoms with Crippen molar-refractivity contribution in [2.75, 3.05) is 0 Å². The largest absolute Gasteiger partial charge is 0.355 e. The number of nitrogens with one attached hydrogen (secondary N) is 1. The van der Waals surface area contributed by atoms with Gasteiger partial charge in [0.15, 0.2) is 0 Å². The Balaban J connectivity index is 2.26. The highest BCUT2D eigenvalue weighted by molar-refractivity contribution is 5.88. The van der Waals surface area contributed by atoms with E-state index in [0.29, 0.717) is 6.42 Å². The van der Waals surface area contributed by atoms with Crippen molar-refractivity contribution in [3.63, 3.8) is 0 Å². The summed E-state index contributed by atoms with van der Waals surface area (Å²) in [5.74, 6) is 5.45. The highest BCUT2D eigenvalue weighted by Gasteiger charge is 2.28. The van der Waals surface area contributed by atoms with Crippen molar-refractivity contribution in [3.05, 3.63) is 41.6 Å². The van der Waals surface area contributed by atoms with Crippen molar-refractivity contribution in [2.24, 2.45) is 5.41 Å². The summed E-state index contributed by atoms with van der Waals surface area (Å²) in [4.78, 5) is 3.38. The molecule has 0 saturated heterocycles. The zero-order chi connectivity index (χ0) is 11.9. The SMILES string of the molecule is C#CC1(C#C)C=Cc2[nH]c3ccccc3c2C1. The maximum absolute atomic E-state index is 5.56. The monoisotopic (exact) mass is 217 g/mol. The number of rotatable bonds is 0. The molecule has 0 spiro atoms. The Morgan fingerprint density at radius 1 is 1.18 bits per heavy atom. The molecule has 0 aliphatic heterocycles. The lowest BCUT2D eigenvalue weighted by Gasteiger charge is -2.22. The van der Waals surface area contributed by atoms with Crippen molar-refractivity contribution in [2.45, 2.75) is 6.42 Å². The van der Waals surface area contributed by atoms with E-state index in [4.69, 9.17) is 12.8 Å². The number of hydrogen-bond donors (Lipinski definition) is 1. The van der Waals surface area contributed by atoms with Gasteiger partial charge in [-0.25, -0.2) is 0 Å². The molecule has 17 heavy (non-hydrogen) atoms. The van der Waals surface area contributed by atoms with Crippen molar-refractivity contribution >= 4 is 17.0 Å². The van der Waals surface area contributed by atoms with Gasteiger partial charge in [0.2, 0.25) is 0 Å². The van der Waals surface area contributed by atoms with Crippen molar-refractivity contribution in [1.29, 1.82) is 0 Å². The molecule has 3 rings (SSSR count). The molecule has 0 bridgehead atoms. The van der Waals surface area contributed by atoms with E-state index in [1.54, 1.807) is 0 Å². The summed E-state index contributed by atoms with van der Waals surface area (Å²) in [6, 6.07) is 8.21. The minimum atomic E-state index is -0.571. The molecule has 1 heteroatoms. The fourth-order valence-corrected chi connectivity index (χ4v) is 2.36. The zero-order valence-electron chi connectivity index (χ0n) is 9.33. The summed E-state index contributed by atoms with van der Waals surface area (Å²) < 4.78 is 0. The molecule has 0 unspecified atom stereocenters. The molecule has 0 amide bonds. The van der Waals surface area contributed by atoms with Crippen LogP contribution in [-0.2, 0) is 6.42 Å². The molecule has 2 aromatic rings. The molecule has 1 aromatic carbocycles. The van der Waals surface area contributed by atoms with Crippen LogP contribution in [0.15, 0.2) is 30.3 Å². The fraction of sp³-hybridized carbons (Fsp3) is 0.125. The van der Waals surface area contributed by atoms with E-state index < -0.39 is 5.41 Å². The van der Waals surface area contributed by atoms with Crippen LogP contribution in [0.3, 0.4) is 0 Å². The summed E-state index contributed by atoms with van der Waals surface area (Å²) in [5.41, 5.74) is 2.90. The minimum Gasteiger partial charge on any atom is -0.355 e. The molecule has 1 aliphatic carbocycles. The standard InChI is InChI=1S/C16H11N/c1-3-16(4-2)10-9-15-13(11-16)12-7-5-6-8-14(12)17-15/h1-2,5-10,17H,11H2. The lowest BCUT2D eigenvalue weighted by Crippen LogP contribution is -2.19. The Labute approximate surface area is 101 Å². The van der Waals surface area contributed by atoms with Gasteiger partial charge in [-0.2, -0.15) is 0 Å². The summed E-state index contributed by atoms with van der Waals surface area (Å²) in [5, 5.41) is 1.21. The van der Waals surface area contributed by atoms with Crippen LogP contribution in [0.5, 0.6) is 0 Å². The first-order chi connectivity index (χ1) is 8.28. The number of allylic oxidation sites excluding steroid dienone is 1. The number of aromatic amines is 1. The van der Waals surface area contributed by atoms with Gasteiger partial charge in [0.05, 0.1) is 0 Å². The van der Waals surface area contributed by atoms with E-state index in [0.717, 1.165) is 11.2 Å². The van der Waals surface area contributed by atoms with Crippen molar-refractivity contribution < 1.29 is 0 Å². The predicted molar refractivity (Wildman–Crippen MR) is 71.1 cm³/mol. The normalized spacial score (nSPS) is 16.1. The van der Waals surface area contributed by atoms with E-state index in [9.17, 15) is 0 Å². The molecule has 0 fully saturated rings. The van der Waals surface area contributed by atoms with Gasteiger partial charge in [-0.05, 0) is 17.7 Å². The van der Waals surface area contributed by atoms with Crippen LogP contribution in [-0.4, -0.2) is 4.98 Å². The number of H-pyrrole nitrogens is 1. The maximum atomic E-state index is 5.56. The summed E-state index contributed by atoms with van der Waals surface area (Å²) in [6.07, 6.45) is 15.8. The summed E-state index contributed by atoms with van der Waals surface area (Å²) in [6.45, 7) is 0. The third kappa shape index (κ3) is 1.30. The van der Waals surface area contributed by atoms with Crippen molar-refractivity contribution in [1.82, 2.24) is 4.98 Å². The quantitative estimate of drug-likeness (QED) is 0.653. The van der Waals surface area contributed by atoms with Crippen LogP contribution in [0.25, 0.3) is 17.0 Å². The minimum absolute atomic E-state index is 0.571. The molecule has 0 saturated carbocycles. The summed E-state index contributed by atoms with van der Waals surface area (Å²) >= 11 is 0. The fourth-order valence-electron chi connectivity index (χ4n) is 2.36. The Bertz CT molecular complexity index is 687. The third-order valence-electron chi connectivity index (χ3n) is 3.35. The van der Waals surface area contributed by atoms with Gasteiger partial charge in [0.1, 0.15) is 5.41 Å². The third-order valence-corrected chi connectivity index (χ3v) is 3.35. The Morgan fingerprint density at radius 3 is 2.71 bits per heavy atom. The van der Waals surface area contributed by atoms with Gasteiger partial charge in [-0.1, -0.05) is 36.1 Å². The van der Waals surface area contributed by atoms with Crippen molar-refractivity contribution in [3.8, 4) is 24.7 Å². The van der Waals surface area contributed by atoms with Crippen LogP contribution in [0.4, 0.5) is 0 Å². The first kappa shape index (κ1) is 9.82. The molecule has 1 aliphatic rings. The van der Waals surface area contributed by atoms with Gasteiger partial charge in [0, 0.05) is 23.0 Å². The number of benzene rings is 1. The smallest absolute Gasteiger partial charge is 0.114 e. The molecular weight excluding hydrogens is 206 g/mol. The molecule has 1 N–H and O–H groups in total. The number of aromatic nitrogens is 1. The van der Waals surface area contributed by atoms with Crippen LogP contribution >= 0.6 is 0 Å². The molecule has 80 valence electrons. The molecule has 0 atom stereocenters. The predicted octanol–water partition coefficient (Wildman–Crippen LogP) is 2.99. The van der Waals surface area contributed by atoms with Gasteiger partial charge in [0.25, 0.3) is 0 Å². The Morgan fingerprint density at radius 2 is 1.94 bits per heavy atom. The molecule has 0 radical (unpaired) electrons. The van der Waals surface area contributed by atoms with Crippen LogP contribution < -0.4 is 0 Å². The maximum Gasteiger partial charge on any atom is 0.114 e. The average Bonchev–Trinajstić information content (AvgIpc) is 2.76. The lowest BCUT2D eigenvalue weighted by molar-refractivity contribution is 0.676. The van der Waals surface area contributed by atoms with Gasteiger partial charge in [-0.3, -0.25) is 0 Å². The molecular formula is C16H11N. The van der Waals surface area contributed by atoms with E-state index in [-0.39, 0.29) is 0 Å². The van der Waals surface area contributed by atoms with Gasteiger partial charge < -0.3 is 4.98 Å². The number of hydrogen-bond acceptors (Lipinski definition) is 0. The second kappa shape index (κ2) is 3.30. The number of terminal acetylenes is 2. The summed E-state index contributed by atoms with van der Waals surface area (Å²) in [7, 11) is 0. The molecule has 1 nitrogen and oxygen atoms in total. The topological polar surface area (TPSA) is 15.8 Å². The second-order valence-electron chi connectivity index (χ2n) is 4.33.